The van der Waals surface area contributed by atoms with Crippen LogP contribution >= 0.6 is 0 Å². The van der Waals surface area contributed by atoms with E-state index >= 15 is 0 Å². The van der Waals surface area contributed by atoms with Crippen LogP contribution in [0.3, 0.4) is 0 Å². The molecule has 2 N–H and O–H groups in total. The zero-order valence-corrected chi connectivity index (χ0v) is 12.5. The standard InChI is InChI=1S/C14H26N4O2/c1-11(2)15-10-13-16-17-14(20-13)18(8-9-19)12-6-4-3-5-7-12/h11-12,15,19H,3-10H2,1-2H3. The molecule has 114 valence electrons. The van der Waals surface area contributed by atoms with Crippen molar-refractivity contribution in [1.82, 2.24) is 15.5 Å². The van der Waals surface area contributed by atoms with Crippen molar-refractivity contribution in [3.05, 3.63) is 5.89 Å². The van der Waals surface area contributed by atoms with E-state index in [9.17, 15) is 5.11 Å². The molecule has 20 heavy (non-hydrogen) atoms. The predicted molar refractivity (Wildman–Crippen MR) is 77.6 cm³/mol. The third-order valence-electron chi connectivity index (χ3n) is 3.72. The maximum absolute atomic E-state index is 9.27. The Hall–Kier alpha value is -1.14. The monoisotopic (exact) mass is 282 g/mol. The number of rotatable bonds is 7. The van der Waals surface area contributed by atoms with Crippen LogP contribution in [-0.4, -0.2) is 40.5 Å². The molecule has 1 aromatic rings. The summed E-state index contributed by atoms with van der Waals surface area (Å²) in [4.78, 5) is 2.07. The van der Waals surface area contributed by atoms with Crippen molar-refractivity contribution in [3.8, 4) is 0 Å². The average molecular weight is 282 g/mol. The fourth-order valence-corrected chi connectivity index (χ4v) is 2.66. The molecular weight excluding hydrogens is 256 g/mol. The van der Waals surface area contributed by atoms with Crippen LogP contribution in [0, 0.1) is 0 Å². The number of hydrogen-bond donors (Lipinski definition) is 2. The summed E-state index contributed by atoms with van der Waals surface area (Å²) in [7, 11) is 0. The number of hydrogen-bond acceptors (Lipinski definition) is 6. The average Bonchev–Trinajstić information content (AvgIpc) is 2.92. The van der Waals surface area contributed by atoms with Gasteiger partial charge in [-0.05, 0) is 12.8 Å². The number of anilines is 1. The van der Waals surface area contributed by atoms with Crippen molar-refractivity contribution in [2.24, 2.45) is 0 Å². The van der Waals surface area contributed by atoms with Crippen molar-refractivity contribution < 1.29 is 9.52 Å². The van der Waals surface area contributed by atoms with E-state index in [0.29, 0.717) is 37.1 Å². The van der Waals surface area contributed by atoms with Crippen LogP contribution in [0.2, 0.25) is 0 Å². The maximum atomic E-state index is 9.27. The van der Waals surface area contributed by atoms with Gasteiger partial charge in [0.1, 0.15) is 0 Å². The molecule has 0 aliphatic heterocycles. The number of nitrogens with one attached hydrogen (secondary N) is 1. The summed E-state index contributed by atoms with van der Waals surface area (Å²) in [5.74, 6) is 0.604. The van der Waals surface area contributed by atoms with Gasteiger partial charge in [0.2, 0.25) is 5.89 Å². The lowest BCUT2D eigenvalue weighted by atomic mass is 9.94. The van der Waals surface area contributed by atoms with Crippen molar-refractivity contribution >= 4 is 6.01 Å². The smallest absolute Gasteiger partial charge is 0.318 e. The Kier molecular flexibility index (Phi) is 5.79. The van der Waals surface area contributed by atoms with Gasteiger partial charge in [-0.3, -0.25) is 0 Å². The van der Waals surface area contributed by atoms with E-state index in [1.165, 1.54) is 19.3 Å². The molecule has 1 fully saturated rings. The van der Waals surface area contributed by atoms with Crippen molar-refractivity contribution in [2.45, 2.75) is 64.6 Å². The summed E-state index contributed by atoms with van der Waals surface area (Å²) in [5.41, 5.74) is 0. The number of nitrogens with zero attached hydrogens (tertiary/aromatic N) is 3. The maximum Gasteiger partial charge on any atom is 0.318 e. The Morgan fingerprint density at radius 3 is 2.70 bits per heavy atom. The molecule has 6 nitrogen and oxygen atoms in total. The van der Waals surface area contributed by atoms with Gasteiger partial charge in [0.15, 0.2) is 0 Å². The van der Waals surface area contributed by atoms with Gasteiger partial charge in [-0.1, -0.05) is 38.2 Å². The molecule has 0 saturated heterocycles. The van der Waals surface area contributed by atoms with Gasteiger partial charge in [0.25, 0.3) is 0 Å². The lowest BCUT2D eigenvalue weighted by Gasteiger charge is -2.32. The summed E-state index contributed by atoms with van der Waals surface area (Å²) in [6.07, 6.45) is 6.06. The molecule has 0 unspecified atom stereocenters. The van der Waals surface area contributed by atoms with Gasteiger partial charge in [0, 0.05) is 18.6 Å². The molecule has 0 amide bonds. The second-order valence-electron chi connectivity index (χ2n) is 5.72. The van der Waals surface area contributed by atoms with Crippen molar-refractivity contribution in [1.29, 1.82) is 0 Å². The van der Waals surface area contributed by atoms with Crippen molar-refractivity contribution in [3.63, 3.8) is 0 Å². The van der Waals surface area contributed by atoms with Crippen LogP contribution in [0.4, 0.5) is 6.01 Å². The molecular formula is C14H26N4O2. The summed E-state index contributed by atoms with van der Waals surface area (Å²) in [6.45, 7) is 5.42. The van der Waals surface area contributed by atoms with E-state index in [4.69, 9.17) is 4.42 Å². The summed E-state index contributed by atoms with van der Waals surface area (Å²) in [5, 5.41) is 20.8. The lowest BCUT2D eigenvalue weighted by molar-refractivity contribution is 0.283. The largest absolute Gasteiger partial charge is 0.407 e. The second kappa shape index (κ2) is 7.59. The minimum Gasteiger partial charge on any atom is -0.407 e. The molecule has 0 atom stereocenters. The molecule has 1 aliphatic rings. The predicted octanol–water partition coefficient (Wildman–Crippen LogP) is 1.70. The SMILES string of the molecule is CC(C)NCc1nnc(N(CCO)C2CCCCC2)o1. The summed E-state index contributed by atoms with van der Waals surface area (Å²) in [6, 6.07) is 1.35. The van der Waals surface area contributed by atoms with Gasteiger partial charge in [-0.25, -0.2) is 0 Å². The fraction of sp³-hybridized carbons (Fsp3) is 0.857. The summed E-state index contributed by atoms with van der Waals surface area (Å²) >= 11 is 0. The molecule has 2 rings (SSSR count). The number of aromatic nitrogens is 2. The third kappa shape index (κ3) is 4.18. The Bertz CT molecular complexity index is 388. The van der Waals surface area contributed by atoms with Gasteiger partial charge < -0.3 is 19.7 Å². The third-order valence-corrected chi connectivity index (χ3v) is 3.72. The molecule has 0 aromatic carbocycles. The zero-order valence-electron chi connectivity index (χ0n) is 12.5. The van der Waals surface area contributed by atoms with E-state index in [0.717, 1.165) is 12.8 Å². The lowest BCUT2D eigenvalue weighted by Crippen LogP contribution is -2.39. The highest BCUT2D eigenvalue weighted by molar-refractivity contribution is 5.26. The first-order valence-corrected chi connectivity index (χ1v) is 7.64. The van der Waals surface area contributed by atoms with Crippen LogP contribution in [0.1, 0.15) is 51.8 Å². The van der Waals surface area contributed by atoms with E-state index in [2.05, 4.69) is 34.3 Å². The molecule has 1 heterocycles. The minimum atomic E-state index is 0.110. The Balaban J connectivity index is 2.00. The second-order valence-corrected chi connectivity index (χ2v) is 5.72. The van der Waals surface area contributed by atoms with Gasteiger partial charge in [-0.15, -0.1) is 5.10 Å². The molecule has 0 bridgehead atoms. The van der Waals surface area contributed by atoms with Crippen LogP contribution in [-0.2, 0) is 6.54 Å². The van der Waals surface area contributed by atoms with E-state index in [1.807, 2.05) is 0 Å². The Morgan fingerprint density at radius 2 is 2.05 bits per heavy atom. The minimum absolute atomic E-state index is 0.110. The first kappa shape index (κ1) is 15.3. The number of aliphatic hydroxyl groups excluding tert-OH is 1. The molecule has 6 heteroatoms. The normalized spacial score (nSPS) is 16.8. The van der Waals surface area contributed by atoms with Gasteiger partial charge >= 0.3 is 6.01 Å². The fourth-order valence-electron chi connectivity index (χ4n) is 2.66. The van der Waals surface area contributed by atoms with Crippen LogP contribution in [0.15, 0.2) is 4.42 Å². The van der Waals surface area contributed by atoms with Gasteiger partial charge in [-0.2, -0.15) is 0 Å². The first-order valence-electron chi connectivity index (χ1n) is 7.64. The van der Waals surface area contributed by atoms with E-state index in [1.54, 1.807) is 0 Å². The topological polar surface area (TPSA) is 74.4 Å². The quantitative estimate of drug-likeness (QED) is 0.793. The van der Waals surface area contributed by atoms with E-state index < -0.39 is 0 Å². The van der Waals surface area contributed by atoms with Crippen LogP contribution in [0.5, 0.6) is 0 Å². The highest BCUT2D eigenvalue weighted by atomic mass is 16.4. The molecule has 1 aromatic heterocycles. The van der Waals surface area contributed by atoms with Crippen LogP contribution < -0.4 is 10.2 Å². The summed E-state index contributed by atoms with van der Waals surface area (Å²) < 4.78 is 5.73. The molecule has 0 radical (unpaired) electrons. The highest BCUT2D eigenvalue weighted by Crippen LogP contribution is 2.26. The highest BCUT2D eigenvalue weighted by Gasteiger charge is 2.25. The van der Waals surface area contributed by atoms with Gasteiger partial charge in [0.05, 0.1) is 13.2 Å². The number of aliphatic hydroxyl groups is 1. The van der Waals surface area contributed by atoms with E-state index in [-0.39, 0.29) is 6.61 Å². The Labute approximate surface area is 120 Å². The molecule has 1 aliphatic carbocycles. The molecule has 1 saturated carbocycles. The zero-order chi connectivity index (χ0) is 14.4. The Morgan fingerprint density at radius 1 is 1.30 bits per heavy atom. The molecule has 0 spiro atoms. The van der Waals surface area contributed by atoms with Crippen molar-refractivity contribution in [2.75, 3.05) is 18.1 Å². The first-order chi connectivity index (χ1) is 9.70. The van der Waals surface area contributed by atoms with Crippen LogP contribution in [0.25, 0.3) is 0 Å².